The number of likely N-dealkylation sites (N-methyl/N-ethyl adjacent to an activating group) is 1. The molecule has 1 atom stereocenters. The highest BCUT2D eigenvalue weighted by Crippen LogP contribution is 2.32. The van der Waals surface area contributed by atoms with Crippen molar-refractivity contribution in [2.24, 2.45) is 5.73 Å². The molecule has 0 bridgehead atoms. The van der Waals surface area contributed by atoms with Crippen LogP contribution >= 0.6 is 11.3 Å². The quantitative estimate of drug-likeness (QED) is 0.854. The highest BCUT2D eigenvalue weighted by Gasteiger charge is 2.27. The summed E-state index contributed by atoms with van der Waals surface area (Å²) < 4.78 is 0. The van der Waals surface area contributed by atoms with Crippen LogP contribution in [0.3, 0.4) is 0 Å². The zero-order chi connectivity index (χ0) is 13.7. The van der Waals surface area contributed by atoms with Crippen molar-refractivity contribution in [3.63, 3.8) is 0 Å². The summed E-state index contributed by atoms with van der Waals surface area (Å²) in [7, 11) is 0. The Labute approximate surface area is 122 Å². The van der Waals surface area contributed by atoms with Gasteiger partial charge in [-0.05, 0) is 37.9 Å². The number of aryl methyl sites for hydroxylation is 1. The summed E-state index contributed by atoms with van der Waals surface area (Å²) in [5.74, 6) is 0. The van der Waals surface area contributed by atoms with Gasteiger partial charge in [-0.2, -0.15) is 0 Å². The molecule has 0 spiro atoms. The van der Waals surface area contributed by atoms with Gasteiger partial charge in [-0.25, -0.2) is 0 Å². The van der Waals surface area contributed by atoms with Crippen molar-refractivity contribution in [3.8, 4) is 0 Å². The van der Waals surface area contributed by atoms with Crippen LogP contribution in [0.1, 0.15) is 61.7 Å². The number of nitrogens with zero attached hydrogens (tertiary/aromatic N) is 1. The van der Waals surface area contributed by atoms with E-state index in [-0.39, 0.29) is 0 Å². The van der Waals surface area contributed by atoms with Gasteiger partial charge >= 0.3 is 0 Å². The standard InChI is InChI=1S/C16H28N2S/c1-3-14-10-11-16(19-14)15(12-17)18(4-2)13-8-6-5-7-9-13/h10-11,13,15H,3-9,12,17H2,1-2H3. The predicted octanol–water partition coefficient (Wildman–Crippen LogP) is 3.96. The number of hydrogen-bond acceptors (Lipinski definition) is 3. The third-order valence-electron chi connectivity index (χ3n) is 4.39. The first kappa shape index (κ1) is 15.0. The van der Waals surface area contributed by atoms with Crippen molar-refractivity contribution in [2.45, 2.75) is 64.5 Å². The summed E-state index contributed by atoms with van der Waals surface area (Å²) in [5, 5.41) is 0. The van der Waals surface area contributed by atoms with E-state index in [9.17, 15) is 0 Å². The van der Waals surface area contributed by atoms with Crippen molar-refractivity contribution in [3.05, 3.63) is 21.9 Å². The normalized spacial score (nSPS) is 18.9. The van der Waals surface area contributed by atoms with E-state index in [0.717, 1.165) is 25.6 Å². The maximum absolute atomic E-state index is 6.10. The van der Waals surface area contributed by atoms with Crippen molar-refractivity contribution in [1.82, 2.24) is 4.90 Å². The molecule has 1 aliphatic rings. The van der Waals surface area contributed by atoms with E-state index in [1.54, 1.807) is 0 Å². The SMILES string of the molecule is CCc1ccc(C(CN)N(CC)C2CCCCC2)s1. The van der Waals surface area contributed by atoms with Crippen molar-refractivity contribution in [2.75, 3.05) is 13.1 Å². The average molecular weight is 280 g/mol. The molecule has 19 heavy (non-hydrogen) atoms. The Morgan fingerprint density at radius 3 is 2.53 bits per heavy atom. The Kier molecular flexibility index (Phi) is 5.86. The minimum Gasteiger partial charge on any atom is -0.329 e. The monoisotopic (exact) mass is 280 g/mol. The molecule has 0 amide bonds. The molecule has 1 unspecified atom stereocenters. The summed E-state index contributed by atoms with van der Waals surface area (Å²) in [4.78, 5) is 5.60. The number of rotatable bonds is 6. The fraction of sp³-hybridized carbons (Fsp3) is 0.750. The first-order chi connectivity index (χ1) is 9.30. The molecule has 108 valence electrons. The van der Waals surface area contributed by atoms with E-state index in [2.05, 4.69) is 30.9 Å². The largest absolute Gasteiger partial charge is 0.329 e. The molecule has 2 nitrogen and oxygen atoms in total. The van der Waals surface area contributed by atoms with Crippen LogP contribution in [0, 0.1) is 0 Å². The van der Waals surface area contributed by atoms with Crippen LogP contribution in [0.25, 0.3) is 0 Å². The zero-order valence-electron chi connectivity index (χ0n) is 12.4. The third-order valence-corrected chi connectivity index (χ3v) is 5.72. The maximum Gasteiger partial charge on any atom is 0.0566 e. The molecule has 0 saturated heterocycles. The second kappa shape index (κ2) is 7.41. The van der Waals surface area contributed by atoms with Crippen LogP contribution in [-0.4, -0.2) is 24.0 Å². The Hall–Kier alpha value is -0.380. The van der Waals surface area contributed by atoms with Crippen LogP contribution in [-0.2, 0) is 6.42 Å². The van der Waals surface area contributed by atoms with Crippen LogP contribution < -0.4 is 5.73 Å². The molecule has 1 heterocycles. The molecule has 0 aliphatic heterocycles. The lowest BCUT2D eigenvalue weighted by atomic mass is 9.93. The molecule has 1 fully saturated rings. The van der Waals surface area contributed by atoms with E-state index in [1.165, 1.54) is 41.9 Å². The van der Waals surface area contributed by atoms with Gasteiger partial charge in [0.2, 0.25) is 0 Å². The van der Waals surface area contributed by atoms with Gasteiger partial charge in [0, 0.05) is 22.3 Å². The fourth-order valence-electron chi connectivity index (χ4n) is 3.32. The van der Waals surface area contributed by atoms with Gasteiger partial charge in [0.1, 0.15) is 0 Å². The molecule has 1 aliphatic carbocycles. The van der Waals surface area contributed by atoms with Crippen LogP contribution in [0.15, 0.2) is 12.1 Å². The van der Waals surface area contributed by atoms with Crippen LogP contribution in [0.4, 0.5) is 0 Å². The van der Waals surface area contributed by atoms with Gasteiger partial charge in [0.15, 0.2) is 0 Å². The molecular weight excluding hydrogens is 252 g/mol. The Balaban J connectivity index is 2.12. The third kappa shape index (κ3) is 3.59. The van der Waals surface area contributed by atoms with Crippen molar-refractivity contribution >= 4 is 11.3 Å². The lowest BCUT2D eigenvalue weighted by Crippen LogP contribution is -2.42. The van der Waals surface area contributed by atoms with Crippen molar-refractivity contribution < 1.29 is 0 Å². The first-order valence-corrected chi connectivity index (χ1v) is 8.66. The lowest BCUT2D eigenvalue weighted by molar-refractivity contribution is 0.115. The van der Waals surface area contributed by atoms with Gasteiger partial charge in [0.05, 0.1) is 6.04 Å². The van der Waals surface area contributed by atoms with E-state index >= 15 is 0 Å². The van der Waals surface area contributed by atoms with Gasteiger partial charge in [0.25, 0.3) is 0 Å². The Morgan fingerprint density at radius 2 is 2.00 bits per heavy atom. The van der Waals surface area contributed by atoms with Gasteiger partial charge in [-0.15, -0.1) is 11.3 Å². The summed E-state index contributed by atoms with van der Waals surface area (Å²) >= 11 is 1.95. The molecule has 3 heteroatoms. The minimum atomic E-state index is 0.429. The molecule has 1 aromatic rings. The van der Waals surface area contributed by atoms with E-state index in [1.807, 2.05) is 11.3 Å². The molecule has 2 rings (SSSR count). The summed E-state index contributed by atoms with van der Waals surface area (Å²) in [5.41, 5.74) is 6.10. The van der Waals surface area contributed by atoms with Gasteiger partial charge < -0.3 is 5.73 Å². The zero-order valence-corrected chi connectivity index (χ0v) is 13.2. The number of thiophene rings is 1. The van der Waals surface area contributed by atoms with E-state index < -0.39 is 0 Å². The van der Waals surface area contributed by atoms with Gasteiger partial charge in [-0.1, -0.05) is 33.1 Å². The molecule has 0 radical (unpaired) electrons. The average Bonchev–Trinajstić information content (AvgIpc) is 2.94. The second-order valence-electron chi connectivity index (χ2n) is 5.53. The maximum atomic E-state index is 6.10. The van der Waals surface area contributed by atoms with E-state index in [4.69, 9.17) is 5.73 Å². The molecular formula is C16H28N2S. The number of nitrogens with two attached hydrogens (primary N) is 1. The minimum absolute atomic E-state index is 0.429. The predicted molar refractivity (Wildman–Crippen MR) is 84.7 cm³/mol. The first-order valence-electron chi connectivity index (χ1n) is 7.84. The molecule has 0 aromatic carbocycles. The Morgan fingerprint density at radius 1 is 1.26 bits per heavy atom. The van der Waals surface area contributed by atoms with Gasteiger partial charge in [-0.3, -0.25) is 4.90 Å². The summed E-state index contributed by atoms with van der Waals surface area (Å²) in [6.07, 6.45) is 8.05. The number of hydrogen-bond donors (Lipinski definition) is 1. The lowest BCUT2D eigenvalue weighted by Gasteiger charge is -2.38. The van der Waals surface area contributed by atoms with Crippen LogP contribution in [0.5, 0.6) is 0 Å². The molecule has 1 aromatic heterocycles. The topological polar surface area (TPSA) is 29.3 Å². The highest BCUT2D eigenvalue weighted by molar-refractivity contribution is 7.12. The Bertz CT molecular complexity index is 369. The van der Waals surface area contributed by atoms with Crippen molar-refractivity contribution in [1.29, 1.82) is 0 Å². The second-order valence-corrected chi connectivity index (χ2v) is 6.73. The fourth-order valence-corrected chi connectivity index (χ4v) is 4.41. The molecule has 2 N–H and O–H groups in total. The summed E-state index contributed by atoms with van der Waals surface area (Å²) in [6, 6.07) is 5.75. The molecule has 1 saturated carbocycles. The van der Waals surface area contributed by atoms with Crippen LogP contribution in [0.2, 0.25) is 0 Å². The highest BCUT2D eigenvalue weighted by atomic mass is 32.1. The smallest absolute Gasteiger partial charge is 0.0566 e. The summed E-state index contributed by atoms with van der Waals surface area (Å²) in [6.45, 7) is 6.37. The van der Waals surface area contributed by atoms with E-state index in [0.29, 0.717) is 6.04 Å².